The van der Waals surface area contributed by atoms with Gasteiger partial charge < -0.3 is 9.13 Å². The highest BCUT2D eigenvalue weighted by molar-refractivity contribution is 6.17. The first-order valence-corrected chi connectivity index (χ1v) is 32.5. The molecule has 0 saturated heterocycles. The minimum atomic E-state index is 0.773. The van der Waals surface area contributed by atoms with Crippen LogP contribution in [0.4, 0.5) is 0 Å². The Morgan fingerprint density at radius 2 is 0.457 bits per heavy atom. The lowest BCUT2D eigenvalue weighted by Crippen LogP contribution is -2.16. The van der Waals surface area contributed by atoms with Crippen LogP contribution in [-0.2, 0) is 0 Å². The van der Waals surface area contributed by atoms with Gasteiger partial charge in [-0.3, -0.25) is 9.13 Å². The zero-order valence-electron chi connectivity index (χ0n) is 53.2. The molecule has 18 rings (SSSR count). The number of rotatable bonds is 9. The summed E-state index contributed by atoms with van der Waals surface area (Å²) in [6, 6.07) is 104. The van der Waals surface area contributed by atoms with E-state index in [1.54, 1.807) is 0 Å². The maximum atomic E-state index is 6.69. The van der Waals surface area contributed by atoms with Crippen molar-refractivity contribution < 1.29 is 0 Å². The maximum absolute atomic E-state index is 6.69. The van der Waals surface area contributed by atoms with Gasteiger partial charge in [-0.05, 0) is 179 Å². The molecule has 0 aliphatic heterocycles. The van der Waals surface area contributed by atoms with Crippen molar-refractivity contribution in [3.05, 3.63) is 312 Å². The van der Waals surface area contributed by atoms with E-state index in [2.05, 4.69) is 339 Å². The van der Waals surface area contributed by atoms with Gasteiger partial charge >= 0.3 is 0 Å². The Morgan fingerprint density at radius 3 is 0.755 bits per heavy atom. The van der Waals surface area contributed by atoms with Crippen molar-refractivity contribution >= 4 is 87.2 Å². The quantitative estimate of drug-likeness (QED) is 0.145. The molecule has 0 fully saturated rings. The molecule has 0 aliphatic carbocycles. The summed E-state index contributed by atoms with van der Waals surface area (Å²) in [5.41, 5.74) is 27.8. The summed E-state index contributed by atoms with van der Waals surface area (Å²) >= 11 is 0. The highest BCUT2D eigenvalue weighted by Gasteiger charge is 2.34. The molecular formula is C88H64N6. The number of pyridine rings is 2. The van der Waals surface area contributed by atoms with Gasteiger partial charge in [0, 0.05) is 59.8 Å². The minimum Gasteiger partial charge on any atom is -0.305 e. The summed E-state index contributed by atoms with van der Waals surface area (Å²) in [5.74, 6) is 1.56. The van der Waals surface area contributed by atoms with Gasteiger partial charge in [-0.2, -0.15) is 0 Å². The molecule has 0 saturated carbocycles. The molecule has 0 bridgehead atoms. The van der Waals surface area contributed by atoms with Gasteiger partial charge in [0.25, 0.3) is 0 Å². The van der Waals surface area contributed by atoms with E-state index in [9.17, 15) is 0 Å². The van der Waals surface area contributed by atoms with Gasteiger partial charge in [0.2, 0.25) is 0 Å². The zero-order valence-corrected chi connectivity index (χ0v) is 53.2. The molecule has 446 valence electrons. The van der Waals surface area contributed by atoms with E-state index < -0.39 is 0 Å². The third-order valence-corrected chi connectivity index (χ3v) is 19.4. The molecule has 0 spiro atoms. The fourth-order valence-electron chi connectivity index (χ4n) is 15.1. The van der Waals surface area contributed by atoms with Crippen LogP contribution in [0.3, 0.4) is 0 Å². The van der Waals surface area contributed by atoms with Gasteiger partial charge in [0.05, 0.1) is 55.5 Å². The summed E-state index contributed by atoms with van der Waals surface area (Å²) in [5, 5.41) is 9.27. The maximum Gasteiger partial charge on any atom is 0.165 e. The SMILES string of the molecule is Cc1ccc2c(c1)c1cc(C)ccc1n2-c1nc(-n2c3ccc(-c4ccccc4)cc3c3cc(-c4ccccc4)ccc32)c(-n2c3ccc(C)cc3c3cc(C)ccc32)c(-c2cc(-c3ccccc3)nc(-c3ccccc3)c2)c1-n1c2ccc(C)cc2c2cc(C)ccc21. The van der Waals surface area contributed by atoms with Crippen LogP contribution in [0, 0.1) is 41.5 Å². The largest absolute Gasteiger partial charge is 0.305 e. The monoisotopic (exact) mass is 1200 g/mol. The number of hydrogen-bond acceptors (Lipinski definition) is 2. The number of aryl methyl sites for hydroxylation is 6. The second-order valence-corrected chi connectivity index (χ2v) is 25.9. The second-order valence-electron chi connectivity index (χ2n) is 25.9. The number of benzene rings is 12. The normalized spacial score (nSPS) is 11.9. The van der Waals surface area contributed by atoms with Crippen LogP contribution in [0.25, 0.3) is 166 Å². The summed E-state index contributed by atoms with van der Waals surface area (Å²) in [6.45, 7) is 13.3. The summed E-state index contributed by atoms with van der Waals surface area (Å²) in [4.78, 5) is 12.4. The van der Waals surface area contributed by atoms with Crippen LogP contribution in [0.5, 0.6) is 0 Å². The molecule has 0 aliphatic rings. The predicted octanol–water partition coefficient (Wildman–Crippen LogP) is 23.1. The first-order valence-electron chi connectivity index (χ1n) is 32.5. The molecule has 6 heteroatoms. The molecule has 0 N–H and O–H groups in total. The van der Waals surface area contributed by atoms with Gasteiger partial charge in [-0.25, -0.2) is 9.97 Å². The Morgan fingerprint density at radius 1 is 0.202 bits per heavy atom. The van der Waals surface area contributed by atoms with Crippen LogP contribution in [0.2, 0.25) is 0 Å². The number of nitrogens with zero attached hydrogens (tertiary/aromatic N) is 6. The highest BCUT2D eigenvalue weighted by atomic mass is 15.2. The second kappa shape index (κ2) is 21.4. The van der Waals surface area contributed by atoms with Gasteiger partial charge in [-0.15, -0.1) is 0 Å². The average Bonchev–Trinajstić information content (AvgIpc) is 1.47. The molecule has 6 aromatic heterocycles. The van der Waals surface area contributed by atoms with Crippen molar-refractivity contribution in [2.45, 2.75) is 41.5 Å². The smallest absolute Gasteiger partial charge is 0.165 e. The summed E-state index contributed by atoms with van der Waals surface area (Å²) in [6.07, 6.45) is 0. The third kappa shape index (κ3) is 8.70. The molecule has 0 unspecified atom stereocenters. The first kappa shape index (κ1) is 55.0. The van der Waals surface area contributed by atoms with E-state index in [1.165, 1.54) is 65.7 Å². The Labute approximate surface area is 545 Å². The van der Waals surface area contributed by atoms with E-state index in [-0.39, 0.29) is 0 Å². The molecule has 94 heavy (non-hydrogen) atoms. The standard InChI is InChI=1S/C88H64N6/c1-53-27-35-76-66(43-53)67-44-54(2)28-36-77(67)91(76)85-84(65-51-74(61-23-15-9-16-24-61)89-75(52-65)62-25-17-10-18-26-62)86(92-78-37-29-55(3)45-68(78)69-46-56(4)30-38-79(69)92)88(90-87(85)93-80-39-31-57(5)47-70(80)71-48-58(6)32-40-81(71)93)94-82-41-33-63(59-19-11-7-12-20-59)49-72(82)73-50-64(34-42-83(73)94)60-21-13-8-14-22-60/h7-52H,1-6H3. The summed E-state index contributed by atoms with van der Waals surface area (Å²) < 4.78 is 10.1. The van der Waals surface area contributed by atoms with Gasteiger partial charge in [0.1, 0.15) is 11.4 Å². The van der Waals surface area contributed by atoms with Crippen LogP contribution >= 0.6 is 0 Å². The van der Waals surface area contributed by atoms with Crippen molar-refractivity contribution in [1.29, 1.82) is 0 Å². The number of hydrogen-bond donors (Lipinski definition) is 0. The van der Waals surface area contributed by atoms with E-state index in [1.807, 2.05) is 0 Å². The average molecular weight is 1210 g/mol. The van der Waals surface area contributed by atoms with Gasteiger partial charge in [0.15, 0.2) is 11.6 Å². The van der Waals surface area contributed by atoms with Gasteiger partial charge in [-0.1, -0.05) is 203 Å². The Bertz CT molecular complexity index is 5810. The predicted molar refractivity (Wildman–Crippen MR) is 395 cm³/mol. The molecule has 0 atom stereocenters. The van der Waals surface area contributed by atoms with Crippen molar-refractivity contribution in [1.82, 2.24) is 28.2 Å². The molecule has 6 heterocycles. The third-order valence-electron chi connectivity index (χ3n) is 19.4. The zero-order chi connectivity index (χ0) is 63.0. The lowest BCUT2D eigenvalue weighted by atomic mass is 9.96. The Balaban J connectivity index is 1.15. The lowest BCUT2D eigenvalue weighted by molar-refractivity contribution is 0.960. The lowest BCUT2D eigenvalue weighted by Gasteiger charge is -2.27. The highest BCUT2D eigenvalue weighted by Crippen LogP contribution is 2.51. The molecule has 6 nitrogen and oxygen atoms in total. The van der Waals surface area contributed by atoms with E-state index in [0.29, 0.717) is 0 Å². The van der Waals surface area contributed by atoms with Crippen molar-refractivity contribution in [3.8, 4) is 78.9 Å². The molecule has 18 aromatic rings. The number of aromatic nitrogens is 6. The first-order chi connectivity index (χ1) is 46.1. The van der Waals surface area contributed by atoms with Crippen LogP contribution in [0.1, 0.15) is 33.4 Å². The van der Waals surface area contributed by atoms with Crippen molar-refractivity contribution in [3.63, 3.8) is 0 Å². The molecule has 0 amide bonds. The minimum absolute atomic E-state index is 0.773. The van der Waals surface area contributed by atoms with E-state index in [4.69, 9.17) is 9.97 Å². The van der Waals surface area contributed by atoms with Crippen LogP contribution in [-0.4, -0.2) is 28.2 Å². The van der Waals surface area contributed by atoms with E-state index >= 15 is 0 Å². The van der Waals surface area contributed by atoms with Crippen molar-refractivity contribution in [2.75, 3.05) is 0 Å². The van der Waals surface area contributed by atoms with Crippen molar-refractivity contribution in [2.24, 2.45) is 0 Å². The number of fused-ring (bicyclic) bond motifs is 12. The fraction of sp³-hybridized carbons (Fsp3) is 0.0682. The fourth-order valence-corrected chi connectivity index (χ4v) is 15.1. The Kier molecular flexibility index (Phi) is 12.5. The summed E-state index contributed by atoms with van der Waals surface area (Å²) in [7, 11) is 0. The Hall–Kier alpha value is -11.9. The molecule has 0 radical (unpaired) electrons. The van der Waals surface area contributed by atoms with Crippen LogP contribution < -0.4 is 0 Å². The molecule has 12 aromatic carbocycles. The van der Waals surface area contributed by atoms with E-state index in [0.717, 1.165) is 134 Å². The topological polar surface area (TPSA) is 45.5 Å². The van der Waals surface area contributed by atoms with Crippen LogP contribution in [0.15, 0.2) is 279 Å². The molecular weight excluding hydrogens is 1140 g/mol.